The third-order valence-electron chi connectivity index (χ3n) is 10.6. The smallest absolute Gasteiger partial charge is 0.136 e. The Morgan fingerprint density at radius 3 is 2.10 bits per heavy atom. The molecular weight excluding hydrogens is 595 g/mol. The van der Waals surface area contributed by atoms with E-state index in [0.717, 1.165) is 44.4 Å². The molecule has 0 radical (unpaired) electrons. The number of hydrogen-bond acceptors (Lipinski definition) is 2. The highest BCUT2D eigenvalue weighted by molar-refractivity contribution is 6.13. The number of hydrogen-bond donors (Lipinski definition) is 0. The SMILES string of the molecule is CC1(C)c2ccccc2-c2ccc(N(c3cccc(-c4ccc5ccccc5c4)c3)c3cccc4cc5oc6ccccc6c5cc34)cc21. The first-order valence-corrected chi connectivity index (χ1v) is 17.0. The molecule has 0 fully saturated rings. The standard InChI is InChI=1S/C47H33NO/c1-47(2)42-18-7-5-16-37(42)38-24-23-36(28-43(38)47)48(35-15-9-13-32(26-35)33-22-21-30-11-3-4-12-31(30)25-33)44-19-10-14-34-27-46-41(29-40(34)44)39-17-6-8-20-45(39)49-46/h3-29H,1-2H3. The van der Waals surface area contributed by atoms with Crippen LogP contribution in [0.3, 0.4) is 0 Å². The van der Waals surface area contributed by atoms with Crippen LogP contribution >= 0.6 is 0 Å². The van der Waals surface area contributed by atoms with Gasteiger partial charge in [-0.15, -0.1) is 0 Å². The van der Waals surface area contributed by atoms with E-state index in [0.29, 0.717) is 0 Å². The van der Waals surface area contributed by atoms with Gasteiger partial charge >= 0.3 is 0 Å². The molecule has 0 aliphatic heterocycles. The topological polar surface area (TPSA) is 16.4 Å². The second-order valence-corrected chi connectivity index (χ2v) is 13.8. The number of nitrogens with zero attached hydrogens (tertiary/aromatic N) is 1. The number of furan rings is 1. The third-order valence-corrected chi connectivity index (χ3v) is 10.6. The van der Waals surface area contributed by atoms with Crippen molar-refractivity contribution in [2.75, 3.05) is 4.90 Å². The van der Waals surface area contributed by atoms with Crippen LogP contribution in [-0.4, -0.2) is 0 Å². The van der Waals surface area contributed by atoms with E-state index in [1.807, 2.05) is 6.07 Å². The van der Waals surface area contributed by atoms with Crippen molar-refractivity contribution >= 4 is 60.5 Å². The van der Waals surface area contributed by atoms with Crippen molar-refractivity contribution in [1.82, 2.24) is 0 Å². The molecule has 1 aliphatic rings. The minimum Gasteiger partial charge on any atom is -0.456 e. The Morgan fingerprint density at radius 2 is 1.16 bits per heavy atom. The summed E-state index contributed by atoms with van der Waals surface area (Å²) in [4.78, 5) is 2.44. The maximum Gasteiger partial charge on any atom is 0.136 e. The molecule has 49 heavy (non-hydrogen) atoms. The molecule has 0 bridgehead atoms. The number of benzene rings is 8. The predicted molar refractivity (Wildman–Crippen MR) is 206 cm³/mol. The van der Waals surface area contributed by atoms with Gasteiger partial charge in [0.1, 0.15) is 11.2 Å². The second kappa shape index (κ2) is 10.4. The van der Waals surface area contributed by atoms with E-state index in [1.54, 1.807) is 0 Å². The molecule has 0 amide bonds. The highest BCUT2D eigenvalue weighted by atomic mass is 16.3. The summed E-state index contributed by atoms with van der Waals surface area (Å²) in [6.45, 7) is 4.70. The third kappa shape index (κ3) is 4.27. The fraction of sp³-hybridized carbons (Fsp3) is 0.0638. The molecule has 1 aromatic heterocycles. The fourth-order valence-corrected chi connectivity index (χ4v) is 8.13. The maximum atomic E-state index is 6.32. The van der Waals surface area contributed by atoms with Crippen LogP contribution in [0.1, 0.15) is 25.0 Å². The summed E-state index contributed by atoms with van der Waals surface area (Å²) in [6.07, 6.45) is 0. The predicted octanol–water partition coefficient (Wildman–Crippen LogP) is 13.3. The van der Waals surface area contributed by atoms with E-state index in [-0.39, 0.29) is 5.41 Å². The second-order valence-electron chi connectivity index (χ2n) is 13.8. The number of para-hydroxylation sites is 1. The summed E-state index contributed by atoms with van der Waals surface area (Å²) in [5, 5.41) is 7.09. The lowest BCUT2D eigenvalue weighted by Gasteiger charge is -2.29. The van der Waals surface area contributed by atoms with Gasteiger partial charge in [0.25, 0.3) is 0 Å². The van der Waals surface area contributed by atoms with Crippen molar-refractivity contribution in [3.63, 3.8) is 0 Å². The lowest BCUT2D eigenvalue weighted by atomic mass is 9.82. The summed E-state index contributed by atoms with van der Waals surface area (Å²) < 4.78 is 6.32. The summed E-state index contributed by atoms with van der Waals surface area (Å²) in [6, 6.07) is 59.7. The van der Waals surface area contributed by atoms with Crippen LogP contribution in [0.15, 0.2) is 168 Å². The van der Waals surface area contributed by atoms with Crippen LogP contribution < -0.4 is 4.90 Å². The van der Waals surface area contributed by atoms with Crippen LogP contribution in [0, 0.1) is 0 Å². The van der Waals surface area contributed by atoms with E-state index in [4.69, 9.17) is 4.42 Å². The van der Waals surface area contributed by atoms with Gasteiger partial charge in [-0.2, -0.15) is 0 Å². The maximum absolute atomic E-state index is 6.32. The normalized spacial score (nSPS) is 13.3. The molecule has 0 unspecified atom stereocenters. The molecule has 0 N–H and O–H groups in total. The average molecular weight is 628 g/mol. The van der Waals surface area contributed by atoms with Crippen LogP contribution in [0.4, 0.5) is 17.1 Å². The van der Waals surface area contributed by atoms with E-state index < -0.39 is 0 Å². The zero-order valence-corrected chi connectivity index (χ0v) is 27.4. The lowest BCUT2D eigenvalue weighted by molar-refractivity contribution is 0.660. The lowest BCUT2D eigenvalue weighted by Crippen LogP contribution is -2.16. The number of anilines is 3. The Hall–Kier alpha value is -6.12. The molecule has 2 heteroatoms. The Bertz CT molecular complexity index is 2770. The van der Waals surface area contributed by atoms with Gasteiger partial charge in [-0.25, -0.2) is 0 Å². The molecule has 232 valence electrons. The van der Waals surface area contributed by atoms with Crippen LogP contribution in [-0.2, 0) is 5.41 Å². The van der Waals surface area contributed by atoms with Gasteiger partial charge in [0.05, 0.1) is 5.69 Å². The van der Waals surface area contributed by atoms with Crippen LogP contribution in [0.2, 0.25) is 0 Å². The van der Waals surface area contributed by atoms with E-state index in [2.05, 4.69) is 176 Å². The molecule has 0 saturated carbocycles. The van der Waals surface area contributed by atoms with Crippen molar-refractivity contribution in [3.05, 3.63) is 175 Å². The van der Waals surface area contributed by atoms with Crippen molar-refractivity contribution < 1.29 is 4.42 Å². The van der Waals surface area contributed by atoms with E-state index in [1.165, 1.54) is 49.5 Å². The summed E-state index contributed by atoms with van der Waals surface area (Å²) >= 11 is 0. The Kier molecular flexibility index (Phi) is 5.95. The van der Waals surface area contributed by atoms with Gasteiger partial charge in [-0.05, 0) is 104 Å². The van der Waals surface area contributed by atoms with Crippen molar-refractivity contribution in [1.29, 1.82) is 0 Å². The molecular formula is C47H33NO. The first-order valence-electron chi connectivity index (χ1n) is 17.0. The Labute approximate surface area is 285 Å². The zero-order valence-electron chi connectivity index (χ0n) is 27.4. The quantitative estimate of drug-likeness (QED) is 0.193. The molecule has 0 saturated heterocycles. The summed E-state index contributed by atoms with van der Waals surface area (Å²) in [5.74, 6) is 0. The molecule has 10 rings (SSSR count). The van der Waals surface area contributed by atoms with Crippen molar-refractivity contribution in [2.24, 2.45) is 0 Å². The first-order chi connectivity index (χ1) is 24.0. The molecule has 0 spiro atoms. The van der Waals surface area contributed by atoms with Crippen LogP contribution in [0.25, 0.3) is 65.7 Å². The molecule has 2 nitrogen and oxygen atoms in total. The minimum atomic E-state index is -0.110. The highest BCUT2D eigenvalue weighted by Gasteiger charge is 2.35. The first kappa shape index (κ1) is 27.9. The minimum absolute atomic E-state index is 0.110. The largest absolute Gasteiger partial charge is 0.456 e. The number of fused-ring (bicyclic) bond motifs is 8. The van der Waals surface area contributed by atoms with Gasteiger partial charge in [0, 0.05) is 32.9 Å². The van der Waals surface area contributed by atoms with Gasteiger partial charge in [0.2, 0.25) is 0 Å². The summed E-state index contributed by atoms with van der Waals surface area (Å²) in [5.41, 5.74) is 12.9. The molecule has 8 aromatic carbocycles. The van der Waals surface area contributed by atoms with Crippen molar-refractivity contribution in [3.8, 4) is 22.3 Å². The van der Waals surface area contributed by atoms with Gasteiger partial charge < -0.3 is 9.32 Å². The van der Waals surface area contributed by atoms with Crippen LogP contribution in [0.5, 0.6) is 0 Å². The average Bonchev–Trinajstić information content (AvgIpc) is 3.62. The van der Waals surface area contributed by atoms with Gasteiger partial charge in [-0.3, -0.25) is 0 Å². The molecule has 1 heterocycles. The summed E-state index contributed by atoms with van der Waals surface area (Å²) in [7, 11) is 0. The fourth-order valence-electron chi connectivity index (χ4n) is 8.13. The van der Waals surface area contributed by atoms with E-state index >= 15 is 0 Å². The Balaban J connectivity index is 1.21. The van der Waals surface area contributed by atoms with E-state index in [9.17, 15) is 0 Å². The highest BCUT2D eigenvalue weighted by Crippen LogP contribution is 2.51. The zero-order chi connectivity index (χ0) is 32.7. The number of rotatable bonds is 4. The molecule has 0 atom stereocenters. The van der Waals surface area contributed by atoms with Gasteiger partial charge in [0.15, 0.2) is 0 Å². The van der Waals surface area contributed by atoms with Gasteiger partial charge in [-0.1, -0.05) is 123 Å². The Morgan fingerprint density at radius 1 is 0.429 bits per heavy atom. The molecule has 1 aliphatic carbocycles. The molecule has 9 aromatic rings. The monoisotopic (exact) mass is 627 g/mol. The van der Waals surface area contributed by atoms with Crippen molar-refractivity contribution in [2.45, 2.75) is 19.3 Å².